The third kappa shape index (κ3) is 10.8. The van der Waals surface area contributed by atoms with Crippen molar-refractivity contribution in [3.8, 4) is 29.3 Å². The van der Waals surface area contributed by atoms with Crippen LogP contribution in [-0.4, -0.2) is 43.3 Å². The van der Waals surface area contributed by atoms with E-state index < -0.39 is 0 Å². The molecule has 0 spiro atoms. The Morgan fingerprint density at radius 3 is 1.27 bits per heavy atom. The molecular formula is C44H52N2O2S8. The Bertz CT molecular complexity index is 1930. The number of likely N-dealkylation sites (N-methyl/N-ethyl adjacent to an activating group) is 2. The standard InChI is InChI=1S/C44H52N2O2S8/c1-5-9-11-13-15-17-19-29-25-31(27-37-41(47)45(7-3)43(49)55-37)51-39(29)35-23-21-33(53-35)34-22-24-36(54-34)40-30(20-18-16-14-12-10-6-2)26-32(52-40)28-38-42(48)46(8-4)44(50)56-38/h21-28H,5-20H2,1-4H3/b37-27-,38-28-. The predicted molar refractivity (Wildman–Crippen MR) is 260 cm³/mol. The van der Waals surface area contributed by atoms with E-state index in [0.29, 0.717) is 21.7 Å². The van der Waals surface area contributed by atoms with Crippen molar-refractivity contribution in [1.29, 1.82) is 0 Å². The van der Waals surface area contributed by atoms with Crippen molar-refractivity contribution in [1.82, 2.24) is 9.80 Å². The first-order valence-corrected chi connectivity index (χ1v) is 25.9. The Labute approximate surface area is 369 Å². The van der Waals surface area contributed by atoms with Crippen molar-refractivity contribution < 1.29 is 9.59 Å². The molecule has 0 aliphatic carbocycles. The molecule has 0 atom stereocenters. The molecule has 0 radical (unpaired) electrons. The topological polar surface area (TPSA) is 40.6 Å². The summed E-state index contributed by atoms with van der Waals surface area (Å²) >= 11 is 21.2. The van der Waals surface area contributed by atoms with Gasteiger partial charge in [-0.25, -0.2) is 0 Å². The summed E-state index contributed by atoms with van der Waals surface area (Å²) in [7, 11) is 0. The summed E-state index contributed by atoms with van der Waals surface area (Å²) in [5, 5.41) is 0. The number of hydrogen-bond acceptors (Lipinski definition) is 10. The van der Waals surface area contributed by atoms with Crippen molar-refractivity contribution in [3.63, 3.8) is 0 Å². The molecule has 4 nitrogen and oxygen atoms in total. The highest BCUT2D eigenvalue weighted by Gasteiger charge is 2.32. The monoisotopic (exact) mass is 896 g/mol. The normalized spacial score (nSPS) is 16.3. The van der Waals surface area contributed by atoms with Gasteiger partial charge in [-0.2, -0.15) is 0 Å². The van der Waals surface area contributed by atoms with E-state index in [4.69, 9.17) is 24.4 Å². The Balaban J connectivity index is 1.25. The lowest BCUT2D eigenvalue weighted by molar-refractivity contribution is -0.122. The fourth-order valence-corrected chi connectivity index (χ4v) is 14.6. The average molecular weight is 897 g/mol. The lowest BCUT2D eigenvalue weighted by Gasteiger charge is -2.09. The molecule has 6 rings (SSSR count). The Morgan fingerprint density at radius 2 is 0.893 bits per heavy atom. The molecule has 4 aromatic rings. The number of carbonyl (C=O) groups is 2. The molecule has 2 aliphatic heterocycles. The Morgan fingerprint density at radius 1 is 0.518 bits per heavy atom. The molecule has 298 valence electrons. The largest absolute Gasteiger partial charge is 0.293 e. The summed E-state index contributed by atoms with van der Waals surface area (Å²) in [6.45, 7) is 9.68. The summed E-state index contributed by atoms with van der Waals surface area (Å²) in [4.78, 5) is 40.9. The fourth-order valence-electron chi connectivity index (χ4n) is 7.01. The van der Waals surface area contributed by atoms with E-state index in [1.807, 2.05) is 36.5 Å². The van der Waals surface area contributed by atoms with Crippen LogP contribution in [0.1, 0.15) is 126 Å². The van der Waals surface area contributed by atoms with Crippen LogP contribution in [0.5, 0.6) is 0 Å². The van der Waals surface area contributed by atoms with Crippen molar-refractivity contribution in [2.75, 3.05) is 13.1 Å². The first-order valence-electron chi connectivity index (χ1n) is 20.2. The molecule has 0 saturated carbocycles. The predicted octanol–water partition coefficient (Wildman–Crippen LogP) is 15.2. The fraction of sp³-hybridized carbons (Fsp3) is 0.455. The van der Waals surface area contributed by atoms with Gasteiger partial charge in [-0.15, -0.1) is 45.3 Å². The summed E-state index contributed by atoms with van der Waals surface area (Å²) in [6.07, 6.45) is 21.4. The highest BCUT2D eigenvalue weighted by atomic mass is 32.2. The second-order valence-electron chi connectivity index (χ2n) is 14.2. The maximum absolute atomic E-state index is 13.1. The van der Waals surface area contributed by atoms with Crippen LogP contribution in [0.25, 0.3) is 41.4 Å². The van der Waals surface area contributed by atoms with Crippen LogP contribution in [0.2, 0.25) is 0 Å². The van der Waals surface area contributed by atoms with Gasteiger partial charge in [0.15, 0.2) is 0 Å². The number of carbonyl (C=O) groups excluding carboxylic acids is 2. The number of hydrogen-bond donors (Lipinski definition) is 0. The Hall–Kier alpha value is -1.90. The molecule has 0 bridgehead atoms. The number of thioether (sulfide) groups is 2. The summed E-state index contributed by atoms with van der Waals surface area (Å²) in [5.74, 6) is 0.0363. The van der Waals surface area contributed by atoms with Gasteiger partial charge in [-0.1, -0.05) is 126 Å². The Kier molecular flexibility index (Phi) is 16.7. The molecule has 0 unspecified atom stereocenters. The van der Waals surface area contributed by atoms with Crippen LogP contribution in [0.15, 0.2) is 46.2 Å². The molecular weight excluding hydrogens is 845 g/mol. The number of aryl methyl sites for hydroxylation is 2. The molecule has 2 saturated heterocycles. The number of thiocarbonyl (C=S) groups is 2. The number of amides is 2. The number of thiophene rings is 4. The number of rotatable bonds is 21. The zero-order chi connectivity index (χ0) is 39.6. The minimum Gasteiger partial charge on any atom is -0.293 e. The van der Waals surface area contributed by atoms with Gasteiger partial charge in [-0.3, -0.25) is 19.4 Å². The maximum atomic E-state index is 13.1. The van der Waals surface area contributed by atoms with E-state index in [2.05, 4.69) is 62.4 Å². The molecule has 2 fully saturated rings. The third-order valence-electron chi connectivity index (χ3n) is 10.1. The van der Waals surface area contributed by atoms with E-state index >= 15 is 0 Å². The van der Waals surface area contributed by atoms with Gasteiger partial charge < -0.3 is 0 Å². The molecule has 0 aromatic carbocycles. The van der Waals surface area contributed by atoms with Crippen molar-refractivity contribution >= 4 is 126 Å². The second-order valence-corrected chi connectivity index (χ2v) is 21.9. The molecule has 6 heterocycles. The smallest absolute Gasteiger partial charge is 0.266 e. The molecule has 2 aliphatic rings. The van der Waals surface area contributed by atoms with E-state index in [-0.39, 0.29) is 11.8 Å². The van der Waals surface area contributed by atoms with Crippen LogP contribution in [0.3, 0.4) is 0 Å². The van der Waals surface area contributed by atoms with Crippen molar-refractivity contribution in [3.05, 3.63) is 67.1 Å². The zero-order valence-corrected chi connectivity index (χ0v) is 39.4. The van der Waals surface area contributed by atoms with Gasteiger partial charge in [0.05, 0.1) is 9.81 Å². The number of unbranched alkanes of at least 4 members (excludes halogenated alkanes) is 10. The number of nitrogens with zero attached hydrogens (tertiary/aromatic N) is 2. The summed E-state index contributed by atoms with van der Waals surface area (Å²) in [6, 6.07) is 13.8. The van der Waals surface area contributed by atoms with Crippen LogP contribution in [-0.2, 0) is 22.4 Å². The average Bonchev–Trinajstić information content (AvgIpc) is 4.04. The van der Waals surface area contributed by atoms with Crippen LogP contribution >= 0.6 is 93.3 Å². The molecule has 12 heteroatoms. The SMILES string of the molecule is CCCCCCCCc1cc(/C=C2\SC(=S)N(CC)C2=O)sc1-c1ccc(-c2ccc(-c3sc(/C=C4\SC(=S)N(CC)C4=O)cc3CCCCCCCC)s2)s1. The van der Waals surface area contributed by atoms with Crippen molar-refractivity contribution in [2.45, 2.75) is 118 Å². The highest BCUT2D eigenvalue weighted by Crippen LogP contribution is 2.47. The van der Waals surface area contributed by atoms with Gasteiger partial charge in [0.1, 0.15) is 8.64 Å². The molecule has 56 heavy (non-hydrogen) atoms. The third-order valence-corrected chi connectivity index (χ3v) is 17.8. The zero-order valence-electron chi connectivity index (χ0n) is 32.9. The van der Waals surface area contributed by atoms with Gasteiger partial charge >= 0.3 is 0 Å². The lowest BCUT2D eigenvalue weighted by Crippen LogP contribution is -2.27. The van der Waals surface area contributed by atoms with Crippen molar-refractivity contribution in [2.24, 2.45) is 0 Å². The first-order chi connectivity index (χ1) is 27.2. The maximum Gasteiger partial charge on any atom is 0.266 e. The second kappa shape index (κ2) is 21.4. The van der Waals surface area contributed by atoms with Gasteiger partial charge in [0, 0.05) is 52.1 Å². The van der Waals surface area contributed by atoms with Crippen LogP contribution in [0.4, 0.5) is 0 Å². The molecule has 2 amide bonds. The van der Waals surface area contributed by atoms with Crippen LogP contribution < -0.4 is 0 Å². The van der Waals surface area contributed by atoms with Gasteiger partial charge in [-0.05, 0) is 99.2 Å². The minimum absolute atomic E-state index is 0.0182. The van der Waals surface area contributed by atoms with Gasteiger partial charge in [0.2, 0.25) is 0 Å². The first kappa shape index (κ1) is 43.7. The summed E-state index contributed by atoms with van der Waals surface area (Å²) in [5.41, 5.74) is 2.76. The van der Waals surface area contributed by atoms with E-state index in [1.165, 1.54) is 141 Å². The van der Waals surface area contributed by atoms with Gasteiger partial charge in [0.25, 0.3) is 11.8 Å². The summed E-state index contributed by atoms with van der Waals surface area (Å²) < 4.78 is 1.29. The lowest BCUT2D eigenvalue weighted by atomic mass is 10.0. The quantitative estimate of drug-likeness (QED) is 0.0471. The molecule has 0 N–H and O–H groups in total. The van der Waals surface area contributed by atoms with E-state index in [0.717, 1.165) is 32.4 Å². The molecule has 4 aromatic heterocycles. The minimum atomic E-state index is 0.0182. The van der Waals surface area contributed by atoms with Crippen LogP contribution in [0, 0.1) is 0 Å². The van der Waals surface area contributed by atoms with E-state index in [1.54, 1.807) is 32.5 Å². The van der Waals surface area contributed by atoms with E-state index in [9.17, 15) is 9.59 Å². The highest BCUT2D eigenvalue weighted by molar-refractivity contribution is 8.27.